The molecule has 2 aliphatic rings. The predicted molar refractivity (Wildman–Crippen MR) is 114 cm³/mol. The van der Waals surface area contributed by atoms with Crippen LogP contribution >= 0.6 is 0 Å². The van der Waals surface area contributed by atoms with Crippen molar-refractivity contribution in [3.63, 3.8) is 0 Å². The minimum atomic E-state index is -0.620. The van der Waals surface area contributed by atoms with Crippen LogP contribution in [0.25, 0.3) is 0 Å². The molecule has 1 aromatic carbocycles. The number of Topliss-reactive ketones (excluding diaryl/α,β-unsaturated/α-hetero) is 2. The van der Waals surface area contributed by atoms with E-state index in [2.05, 4.69) is 17.2 Å². The summed E-state index contributed by atoms with van der Waals surface area (Å²) in [6.07, 6.45) is 4.80. The second-order valence-electron chi connectivity index (χ2n) is 8.74. The van der Waals surface area contributed by atoms with Gasteiger partial charge in [0.15, 0.2) is 0 Å². The van der Waals surface area contributed by atoms with Crippen molar-refractivity contribution in [3.8, 4) is 11.8 Å². The van der Waals surface area contributed by atoms with Crippen LogP contribution in [0.2, 0.25) is 0 Å². The smallest absolute Gasteiger partial charge is 0.217 e. The van der Waals surface area contributed by atoms with Crippen molar-refractivity contribution >= 4 is 17.5 Å². The molecular formula is C25H31NO3. The monoisotopic (exact) mass is 393 g/mol. The number of benzene rings is 1. The second-order valence-corrected chi connectivity index (χ2v) is 8.74. The molecular weight excluding hydrogens is 362 g/mol. The molecule has 3 rings (SSSR count). The van der Waals surface area contributed by atoms with Crippen molar-refractivity contribution in [2.24, 2.45) is 11.8 Å². The summed E-state index contributed by atoms with van der Waals surface area (Å²) in [5.74, 6) is 6.04. The fourth-order valence-electron chi connectivity index (χ4n) is 5.33. The van der Waals surface area contributed by atoms with Gasteiger partial charge in [-0.15, -0.1) is 5.92 Å². The Hall–Kier alpha value is -2.41. The van der Waals surface area contributed by atoms with Gasteiger partial charge in [0.25, 0.3) is 0 Å². The second kappa shape index (κ2) is 8.95. The van der Waals surface area contributed by atoms with Crippen LogP contribution in [0, 0.1) is 37.5 Å². The molecule has 0 aliphatic heterocycles. The SMILES string of the molecule is CC#Cc1cc(C)c(C2C(=O)CC(C3CCC(NC(C)=O)CC3)CC2=O)c(C)c1. The maximum atomic E-state index is 13.1. The van der Waals surface area contributed by atoms with Gasteiger partial charge in [-0.2, -0.15) is 0 Å². The largest absolute Gasteiger partial charge is 0.354 e. The lowest BCUT2D eigenvalue weighted by atomic mass is 9.67. The Bertz CT molecular complexity index is 840. The van der Waals surface area contributed by atoms with Crippen molar-refractivity contribution < 1.29 is 14.4 Å². The van der Waals surface area contributed by atoms with Crippen LogP contribution in [0.5, 0.6) is 0 Å². The summed E-state index contributed by atoms with van der Waals surface area (Å²) < 4.78 is 0. The molecule has 2 aliphatic carbocycles. The Morgan fingerprint density at radius 1 is 0.966 bits per heavy atom. The molecule has 0 radical (unpaired) electrons. The minimum Gasteiger partial charge on any atom is -0.354 e. The van der Waals surface area contributed by atoms with Crippen molar-refractivity contribution in [3.05, 3.63) is 34.4 Å². The van der Waals surface area contributed by atoms with Gasteiger partial charge in [0.2, 0.25) is 5.91 Å². The molecule has 0 heterocycles. The van der Waals surface area contributed by atoms with Gasteiger partial charge in [-0.25, -0.2) is 0 Å². The van der Waals surface area contributed by atoms with Gasteiger partial charge in [-0.1, -0.05) is 5.92 Å². The van der Waals surface area contributed by atoms with E-state index in [1.54, 1.807) is 13.8 Å². The fraction of sp³-hybridized carbons (Fsp3) is 0.560. The summed E-state index contributed by atoms with van der Waals surface area (Å²) >= 11 is 0. The molecule has 0 bridgehead atoms. The van der Waals surface area contributed by atoms with E-state index >= 15 is 0 Å². The van der Waals surface area contributed by atoms with E-state index in [1.165, 1.54) is 0 Å². The summed E-state index contributed by atoms with van der Waals surface area (Å²) in [7, 11) is 0. The standard InChI is InChI=1S/C25H31NO3/c1-5-6-18-11-15(2)24(16(3)12-18)25-22(28)13-20(14-23(25)29)19-7-9-21(10-8-19)26-17(4)27/h11-12,19-21,25H,7-10,13-14H2,1-4H3,(H,26,27). The maximum Gasteiger partial charge on any atom is 0.217 e. The maximum absolute atomic E-state index is 13.1. The number of hydrogen-bond acceptors (Lipinski definition) is 3. The summed E-state index contributed by atoms with van der Waals surface area (Å²) in [4.78, 5) is 37.4. The highest BCUT2D eigenvalue weighted by Gasteiger charge is 2.41. The normalized spacial score (nSPS) is 27.2. The Kier molecular flexibility index (Phi) is 6.57. The summed E-state index contributed by atoms with van der Waals surface area (Å²) in [6.45, 7) is 7.30. The van der Waals surface area contributed by atoms with Gasteiger partial charge in [-0.3, -0.25) is 14.4 Å². The molecule has 1 amide bonds. The average molecular weight is 394 g/mol. The van der Waals surface area contributed by atoms with Crippen molar-refractivity contribution in [1.29, 1.82) is 0 Å². The van der Waals surface area contributed by atoms with Crippen molar-refractivity contribution in [2.75, 3.05) is 0 Å². The fourth-order valence-corrected chi connectivity index (χ4v) is 5.33. The number of carbonyl (C=O) groups is 3. The topological polar surface area (TPSA) is 63.2 Å². The van der Waals surface area contributed by atoms with Crippen LogP contribution < -0.4 is 5.32 Å². The van der Waals surface area contributed by atoms with Gasteiger partial charge < -0.3 is 5.32 Å². The molecule has 1 N–H and O–H groups in total. The molecule has 4 nitrogen and oxygen atoms in total. The first kappa shape index (κ1) is 21.3. The van der Waals surface area contributed by atoms with Gasteiger partial charge in [0.1, 0.15) is 17.5 Å². The van der Waals surface area contributed by atoms with Crippen LogP contribution in [-0.4, -0.2) is 23.5 Å². The molecule has 0 spiro atoms. The van der Waals surface area contributed by atoms with Crippen LogP contribution in [0.3, 0.4) is 0 Å². The van der Waals surface area contributed by atoms with Gasteiger partial charge >= 0.3 is 0 Å². The molecule has 4 heteroatoms. The van der Waals surface area contributed by atoms with Gasteiger partial charge in [0.05, 0.1) is 0 Å². The third kappa shape index (κ3) is 4.78. The summed E-state index contributed by atoms with van der Waals surface area (Å²) in [5, 5.41) is 2.99. The highest BCUT2D eigenvalue weighted by Crippen LogP contribution is 2.41. The number of carbonyl (C=O) groups excluding carboxylic acids is 3. The zero-order chi connectivity index (χ0) is 21.1. The van der Waals surface area contributed by atoms with E-state index in [0.717, 1.165) is 47.9 Å². The summed E-state index contributed by atoms with van der Waals surface area (Å²) in [5.41, 5.74) is 3.76. The Morgan fingerprint density at radius 2 is 1.52 bits per heavy atom. The van der Waals surface area contributed by atoms with E-state index in [1.807, 2.05) is 26.0 Å². The third-order valence-electron chi connectivity index (χ3n) is 6.57. The molecule has 0 unspecified atom stereocenters. The number of rotatable bonds is 3. The first-order valence-corrected chi connectivity index (χ1v) is 10.7. The van der Waals surface area contributed by atoms with Crippen LogP contribution in [0.1, 0.15) is 80.5 Å². The first-order valence-electron chi connectivity index (χ1n) is 10.7. The Labute approximate surface area is 173 Å². The van der Waals surface area contributed by atoms with E-state index in [0.29, 0.717) is 18.8 Å². The van der Waals surface area contributed by atoms with E-state index in [9.17, 15) is 14.4 Å². The molecule has 0 aromatic heterocycles. The third-order valence-corrected chi connectivity index (χ3v) is 6.57. The zero-order valence-electron chi connectivity index (χ0n) is 17.9. The molecule has 29 heavy (non-hydrogen) atoms. The predicted octanol–water partition coefficient (Wildman–Crippen LogP) is 4.00. The van der Waals surface area contributed by atoms with Gasteiger partial charge in [0, 0.05) is 31.4 Å². The number of nitrogens with one attached hydrogen (secondary N) is 1. The highest BCUT2D eigenvalue weighted by atomic mass is 16.2. The molecule has 0 atom stereocenters. The number of aryl methyl sites for hydroxylation is 2. The summed E-state index contributed by atoms with van der Waals surface area (Å²) in [6, 6.07) is 4.20. The highest BCUT2D eigenvalue weighted by molar-refractivity contribution is 6.10. The lowest BCUT2D eigenvalue weighted by Crippen LogP contribution is -2.40. The van der Waals surface area contributed by atoms with Crippen LogP contribution in [-0.2, 0) is 14.4 Å². The van der Waals surface area contributed by atoms with Crippen LogP contribution in [0.4, 0.5) is 0 Å². The lowest BCUT2D eigenvalue weighted by Gasteiger charge is -2.37. The quantitative estimate of drug-likeness (QED) is 0.624. The molecule has 1 aromatic rings. The van der Waals surface area contributed by atoms with E-state index in [4.69, 9.17) is 0 Å². The van der Waals surface area contributed by atoms with E-state index in [-0.39, 0.29) is 29.4 Å². The Morgan fingerprint density at radius 3 is 2.00 bits per heavy atom. The Balaban J connectivity index is 1.71. The molecule has 154 valence electrons. The number of ketones is 2. The average Bonchev–Trinajstić information content (AvgIpc) is 2.63. The van der Waals surface area contributed by atoms with Crippen molar-refractivity contribution in [2.45, 2.75) is 78.2 Å². The number of amides is 1. The minimum absolute atomic E-state index is 0.0148. The zero-order valence-corrected chi connectivity index (χ0v) is 17.9. The van der Waals surface area contributed by atoms with Gasteiger partial charge in [-0.05, 0) is 87.1 Å². The van der Waals surface area contributed by atoms with Crippen molar-refractivity contribution in [1.82, 2.24) is 5.32 Å². The molecule has 2 fully saturated rings. The van der Waals surface area contributed by atoms with Crippen LogP contribution in [0.15, 0.2) is 12.1 Å². The lowest BCUT2D eigenvalue weighted by molar-refractivity contribution is -0.134. The number of hydrogen-bond donors (Lipinski definition) is 1. The first-order chi connectivity index (χ1) is 13.8. The molecule has 2 saturated carbocycles. The van der Waals surface area contributed by atoms with E-state index < -0.39 is 5.92 Å². The molecule has 0 saturated heterocycles.